The van der Waals surface area contributed by atoms with E-state index in [0.29, 0.717) is 25.0 Å². The molecule has 5 N–H and O–H groups in total. The molecule has 3 rings (SSSR count). The molecular weight excluding hydrogens is 414 g/mol. The van der Waals surface area contributed by atoms with Crippen molar-refractivity contribution in [3.8, 4) is 0 Å². The summed E-state index contributed by atoms with van der Waals surface area (Å²) in [5, 5.41) is 14.6. The van der Waals surface area contributed by atoms with Crippen molar-refractivity contribution >= 4 is 21.8 Å². The first-order valence-electron chi connectivity index (χ1n) is 9.78. The Morgan fingerprint density at radius 1 is 1.47 bits per heavy atom. The summed E-state index contributed by atoms with van der Waals surface area (Å²) in [6.07, 6.45) is 6.31. The molecular formula is C18H27N5O6S. The number of carbonyl (C=O) groups is 2. The Bertz CT molecular complexity index is 883. The van der Waals surface area contributed by atoms with Crippen molar-refractivity contribution in [2.75, 3.05) is 13.1 Å². The smallest absolute Gasteiger partial charge is 0.245 e. The second kappa shape index (κ2) is 9.16. The number of hydrogen-bond acceptors (Lipinski definition) is 8. The number of rotatable bonds is 7. The summed E-state index contributed by atoms with van der Waals surface area (Å²) in [7, 11) is -3.89. The topological polar surface area (TPSA) is 154 Å². The highest BCUT2D eigenvalue weighted by Crippen LogP contribution is 2.30. The number of primary amides is 1. The zero-order valence-corrected chi connectivity index (χ0v) is 17.5. The van der Waals surface area contributed by atoms with Gasteiger partial charge >= 0.3 is 0 Å². The van der Waals surface area contributed by atoms with Gasteiger partial charge in [-0.05, 0) is 31.4 Å². The summed E-state index contributed by atoms with van der Waals surface area (Å²) >= 11 is 0. The number of nitrogens with two attached hydrogens (primary N) is 1. The third-order valence-electron chi connectivity index (χ3n) is 5.34. The molecule has 12 heteroatoms. The van der Waals surface area contributed by atoms with Crippen LogP contribution in [0.15, 0.2) is 35.2 Å². The Morgan fingerprint density at radius 3 is 2.97 bits per heavy atom. The van der Waals surface area contributed by atoms with Crippen LogP contribution in [-0.4, -0.2) is 59.9 Å². The van der Waals surface area contributed by atoms with Crippen LogP contribution in [-0.2, 0) is 24.6 Å². The first-order valence-corrected chi connectivity index (χ1v) is 11.2. The second-order valence-electron chi connectivity index (χ2n) is 7.53. The van der Waals surface area contributed by atoms with Gasteiger partial charge in [-0.25, -0.2) is 19.0 Å². The average molecular weight is 442 g/mol. The first kappa shape index (κ1) is 22.3. The summed E-state index contributed by atoms with van der Waals surface area (Å²) in [4.78, 5) is 28.4. The minimum Gasteiger partial charge on any atom is -0.390 e. The van der Waals surface area contributed by atoms with Crippen molar-refractivity contribution in [3.05, 3.63) is 35.2 Å². The zero-order chi connectivity index (χ0) is 21.9. The third kappa shape index (κ3) is 4.83. The van der Waals surface area contributed by atoms with Gasteiger partial charge in [-0.2, -0.15) is 9.24 Å². The van der Waals surface area contributed by atoms with Crippen molar-refractivity contribution in [2.24, 2.45) is 11.7 Å². The Hall–Kier alpha value is -2.41. The Kier molecular flexibility index (Phi) is 6.81. The molecule has 0 aromatic rings. The van der Waals surface area contributed by atoms with E-state index in [0.717, 1.165) is 0 Å². The zero-order valence-electron chi connectivity index (χ0n) is 16.7. The van der Waals surface area contributed by atoms with Gasteiger partial charge in [0.1, 0.15) is 10.6 Å². The number of hydroxylamine groups is 3. The maximum Gasteiger partial charge on any atom is 0.245 e. The van der Waals surface area contributed by atoms with Gasteiger partial charge in [0.15, 0.2) is 0 Å². The molecule has 166 valence electrons. The number of hydrogen-bond donors (Lipinski definition) is 4. The van der Waals surface area contributed by atoms with E-state index < -0.39 is 34.0 Å². The van der Waals surface area contributed by atoms with Gasteiger partial charge in [-0.1, -0.05) is 6.92 Å². The molecule has 3 aliphatic heterocycles. The van der Waals surface area contributed by atoms with Gasteiger partial charge in [0, 0.05) is 31.6 Å². The molecule has 11 nitrogen and oxygen atoms in total. The van der Waals surface area contributed by atoms with E-state index in [-0.39, 0.29) is 30.3 Å². The van der Waals surface area contributed by atoms with Crippen LogP contribution in [0.4, 0.5) is 0 Å². The van der Waals surface area contributed by atoms with Crippen molar-refractivity contribution in [2.45, 2.75) is 44.8 Å². The highest BCUT2D eigenvalue weighted by molar-refractivity contribution is 7.93. The van der Waals surface area contributed by atoms with Gasteiger partial charge in [-0.15, -0.1) is 0 Å². The van der Waals surface area contributed by atoms with Gasteiger partial charge in [-0.3, -0.25) is 9.59 Å². The SMILES string of the molecule is CC(CCC(=O)NC1CCCN(S(=O)(=O)C2=CC=CN3ONC=C23)C[C@@H]1O)C(N)=O. The van der Waals surface area contributed by atoms with Crippen molar-refractivity contribution in [1.82, 2.24) is 20.2 Å². The molecule has 0 bridgehead atoms. The quantitative estimate of drug-likeness (QED) is 0.399. The third-order valence-corrected chi connectivity index (χ3v) is 7.25. The Balaban J connectivity index is 1.63. The number of nitrogens with zero attached hydrogens (tertiary/aromatic N) is 2. The fourth-order valence-corrected chi connectivity index (χ4v) is 5.12. The number of allylic oxidation sites excluding steroid dienone is 2. The Morgan fingerprint density at radius 2 is 2.23 bits per heavy atom. The lowest BCUT2D eigenvalue weighted by atomic mass is 10.0. The summed E-state index contributed by atoms with van der Waals surface area (Å²) in [6, 6.07) is -0.575. The molecule has 30 heavy (non-hydrogen) atoms. The number of β-amino-alcohol motifs (C(OH)–C–C–N with tert-alkyl or cyclic N) is 1. The predicted octanol–water partition coefficient (Wildman–Crippen LogP) is -0.836. The molecule has 1 saturated heterocycles. The second-order valence-corrected chi connectivity index (χ2v) is 9.43. The number of aliphatic hydroxyl groups is 1. The molecule has 3 heterocycles. The van der Waals surface area contributed by atoms with Crippen LogP contribution in [0.3, 0.4) is 0 Å². The number of nitrogens with one attached hydrogen (secondary N) is 2. The van der Waals surface area contributed by atoms with E-state index in [9.17, 15) is 23.1 Å². The molecule has 2 unspecified atom stereocenters. The monoisotopic (exact) mass is 441 g/mol. The number of sulfonamides is 1. The lowest BCUT2D eigenvalue weighted by Gasteiger charge is -2.27. The lowest BCUT2D eigenvalue weighted by Crippen LogP contribution is -2.47. The highest BCUT2D eigenvalue weighted by Gasteiger charge is 2.38. The maximum absolute atomic E-state index is 13.2. The van der Waals surface area contributed by atoms with Crippen LogP contribution in [0.25, 0.3) is 0 Å². The average Bonchev–Trinajstić information content (AvgIpc) is 3.10. The minimum atomic E-state index is -3.89. The van der Waals surface area contributed by atoms with Crippen LogP contribution >= 0.6 is 0 Å². The molecule has 0 aromatic carbocycles. The van der Waals surface area contributed by atoms with Crippen LogP contribution < -0.4 is 16.5 Å². The molecule has 0 saturated carbocycles. The summed E-state index contributed by atoms with van der Waals surface area (Å²) in [5.74, 6) is -1.20. The molecule has 0 spiro atoms. The van der Waals surface area contributed by atoms with E-state index >= 15 is 0 Å². The maximum atomic E-state index is 13.2. The predicted molar refractivity (Wildman–Crippen MR) is 107 cm³/mol. The normalized spacial score (nSPS) is 25.5. The molecule has 0 aliphatic carbocycles. The van der Waals surface area contributed by atoms with Crippen molar-refractivity contribution in [1.29, 1.82) is 0 Å². The van der Waals surface area contributed by atoms with E-state index in [2.05, 4.69) is 10.8 Å². The molecule has 3 aliphatic rings. The summed E-state index contributed by atoms with van der Waals surface area (Å²) in [6.45, 7) is 1.72. The fraction of sp³-hybridized carbons (Fsp3) is 0.556. The van der Waals surface area contributed by atoms with Gasteiger partial charge < -0.3 is 16.2 Å². The molecule has 1 fully saturated rings. The molecule has 3 atom stereocenters. The molecule has 2 amide bonds. The fourth-order valence-electron chi connectivity index (χ4n) is 3.46. The first-order chi connectivity index (χ1) is 14.2. The van der Waals surface area contributed by atoms with E-state index in [1.807, 2.05) is 0 Å². The minimum absolute atomic E-state index is 0.0603. The number of aliphatic hydroxyl groups excluding tert-OH is 1. The van der Waals surface area contributed by atoms with Crippen LogP contribution in [0.2, 0.25) is 0 Å². The molecule has 0 aromatic heterocycles. The van der Waals surface area contributed by atoms with Crippen molar-refractivity contribution in [3.63, 3.8) is 0 Å². The number of amides is 2. The molecule has 0 radical (unpaired) electrons. The van der Waals surface area contributed by atoms with Gasteiger partial charge in [0.05, 0.1) is 18.3 Å². The highest BCUT2D eigenvalue weighted by atomic mass is 32.2. The van der Waals surface area contributed by atoms with E-state index in [1.165, 1.54) is 21.6 Å². The van der Waals surface area contributed by atoms with Crippen molar-refractivity contribution < 1.29 is 28.1 Å². The largest absolute Gasteiger partial charge is 0.390 e. The van der Waals surface area contributed by atoms with E-state index in [1.54, 1.807) is 19.2 Å². The number of carbonyl (C=O) groups excluding carboxylic acids is 2. The number of fused-ring (bicyclic) bond motifs is 1. The van der Waals surface area contributed by atoms with Crippen LogP contribution in [0.1, 0.15) is 32.6 Å². The lowest BCUT2D eigenvalue weighted by molar-refractivity contribution is -0.124. The Labute approximate surface area is 175 Å². The summed E-state index contributed by atoms with van der Waals surface area (Å²) < 4.78 is 27.6. The van der Waals surface area contributed by atoms with Gasteiger partial charge in [0.25, 0.3) is 0 Å². The van der Waals surface area contributed by atoms with Crippen LogP contribution in [0.5, 0.6) is 0 Å². The van der Waals surface area contributed by atoms with Gasteiger partial charge in [0.2, 0.25) is 21.8 Å². The summed E-state index contributed by atoms with van der Waals surface area (Å²) in [5.41, 5.74) is 8.06. The standard InChI is InChI=1S/C18H27N5O6S/c1-12(18(19)26)6-7-17(25)21-13-4-2-8-22(11-15(13)24)30(27,28)16-5-3-9-23-14(16)10-20-29-23/h3,5,9-10,12-13,15,20,24H,2,4,6-8,11H2,1H3,(H2,19,26)(H,21,25)/t12?,13?,15-/m0/s1. The van der Waals surface area contributed by atoms with Crippen LogP contribution in [0, 0.1) is 5.92 Å². The van der Waals surface area contributed by atoms with E-state index in [4.69, 9.17) is 10.7 Å².